The molecule has 1 aromatic heterocycles. The summed E-state index contributed by atoms with van der Waals surface area (Å²) in [7, 11) is 0. The van der Waals surface area contributed by atoms with Gasteiger partial charge in [-0.25, -0.2) is 0 Å². The van der Waals surface area contributed by atoms with Crippen LogP contribution in [0.4, 0.5) is 6.01 Å². The molecule has 1 heterocycles. The second kappa shape index (κ2) is 7.65. The first-order valence-corrected chi connectivity index (χ1v) is 8.43. The fourth-order valence-corrected chi connectivity index (χ4v) is 2.35. The topological polar surface area (TPSA) is 77.2 Å². The summed E-state index contributed by atoms with van der Waals surface area (Å²) in [6.45, 7) is -0.135. The van der Waals surface area contributed by atoms with Crippen LogP contribution in [-0.2, 0) is 4.79 Å². The van der Waals surface area contributed by atoms with Gasteiger partial charge < -0.3 is 9.15 Å². The number of benzene rings is 2. The van der Waals surface area contributed by atoms with Crippen molar-refractivity contribution in [2.24, 2.45) is 0 Å². The fourth-order valence-electron chi connectivity index (χ4n) is 1.94. The number of nitrogens with zero attached hydrogens (tertiary/aromatic N) is 2. The number of nitrogens with one attached hydrogen (secondary N) is 1. The van der Waals surface area contributed by atoms with Crippen LogP contribution < -0.4 is 10.1 Å². The molecule has 24 heavy (non-hydrogen) atoms. The van der Waals surface area contributed by atoms with E-state index in [1.165, 1.54) is 0 Å². The van der Waals surface area contributed by atoms with Crippen LogP contribution in [0.1, 0.15) is 0 Å². The number of rotatable bonds is 6. The van der Waals surface area contributed by atoms with Gasteiger partial charge in [0.15, 0.2) is 6.61 Å². The highest BCUT2D eigenvalue weighted by Crippen LogP contribution is 2.23. The molecule has 7 heteroatoms. The van der Waals surface area contributed by atoms with Gasteiger partial charge in [0.1, 0.15) is 5.75 Å². The molecular formula is C17H15N3O3S. The lowest BCUT2D eigenvalue weighted by Crippen LogP contribution is -2.20. The minimum absolute atomic E-state index is 0.0422. The predicted octanol–water partition coefficient (Wildman–Crippen LogP) is 3.48. The first-order valence-electron chi connectivity index (χ1n) is 7.20. The molecule has 0 radical (unpaired) electrons. The lowest BCUT2D eigenvalue weighted by Gasteiger charge is -2.04. The number of para-hydroxylation sites is 1. The van der Waals surface area contributed by atoms with E-state index in [-0.39, 0.29) is 18.5 Å². The maximum absolute atomic E-state index is 11.8. The molecule has 122 valence electrons. The van der Waals surface area contributed by atoms with Gasteiger partial charge in [-0.05, 0) is 42.7 Å². The van der Waals surface area contributed by atoms with E-state index in [1.54, 1.807) is 23.9 Å². The lowest BCUT2D eigenvalue weighted by atomic mass is 10.2. The third-order valence-corrected chi connectivity index (χ3v) is 3.87. The Kier molecular flexibility index (Phi) is 5.12. The first-order chi connectivity index (χ1) is 11.7. The third-order valence-electron chi connectivity index (χ3n) is 3.12. The van der Waals surface area contributed by atoms with E-state index in [9.17, 15) is 4.79 Å². The van der Waals surface area contributed by atoms with E-state index in [2.05, 4.69) is 15.5 Å². The number of amides is 1. The van der Waals surface area contributed by atoms with Gasteiger partial charge in [0.25, 0.3) is 5.91 Å². The normalized spacial score (nSPS) is 10.4. The zero-order valence-corrected chi connectivity index (χ0v) is 13.7. The Morgan fingerprint density at radius 1 is 1.12 bits per heavy atom. The van der Waals surface area contributed by atoms with Gasteiger partial charge in [0, 0.05) is 10.5 Å². The van der Waals surface area contributed by atoms with E-state index >= 15 is 0 Å². The van der Waals surface area contributed by atoms with Gasteiger partial charge in [-0.3, -0.25) is 10.1 Å². The fraction of sp³-hybridized carbons (Fsp3) is 0.118. The highest BCUT2D eigenvalue weighted by molar-refractivity contribution is 7.98. The van der Waals surface area contributed by atoms with Gasteiger partial charge in [-0.1, -0.05) is 23.3 Å². The van der Waals surface area contributed by atoms with Gasteiger partial charge in [-0.15, -0.1) is 16.9 Å². The highest BCUT2D eigenvalue weighted by Gasteiger charge is 2.11. The van der Waals surface area contributed by atoms with Crippen molar-refractivity contribution in [2.75, 3.05) is 18.2 Å². The smallest absolute Gasteiger partial charge is 0.322 e. The molecule has 0 aliphatic carbocycles. The van der Waals surface area contributed by atoms with Gasteiger partial charge in [0.05, 0.1) is 0 Å². The van der Waals surface area contributed by atoms with Crippen LogP contribution in [0.15, 0.2) is 63.9 Å². The number of hydrogen-bond donors (Lipinski definition) is 1. The Balaban J connectivity index is 1.58. The van der Waals surface area contributed by atoms with Crippen molar-refractivity contribution in [1.29, 1.82) is 0 Å². The zero-order chi connectivity index (χ0) is 16.8. The number of ether oxygens (including phenoxy) is 1. The Morgan fingerprint density at radius 2 is 1.88 bits per heavy atom. The summed E-state index contributed by atoms with van der Waals surface area (Å²) in [6, 6.07) is 16.9. The molecule has 1 amide bonds. The van der Waals surface area contributed by atoms with Crippen LogP contribution in [0.3, 0.4) is 0 Å². The van der Waals surface area contributed by atoms with Crippen LogP contribution in [0.25, 0.3) is 11.5 Å². The Morgan fingerprint density at radius 3 is 2.58 bits per heavy atom. The average molecular weight is 341 g/mol. The zero-order valence-electron chi connectivity index (χ0n) is 12.9. The molecule has 0 bridgehead atoms. The highest BCUT2D eigenvalue weighted by atomic mass is 32.2. The van der Waals surface area contributed by atoms with Crippen molar-refractivity contribution in [3.8, 4) is 17.2 Å². The average Bonchev–Trinajstić information content (AvgIpc) is 3.09. The van der Waals surface area contributed by atoms with Crippen molar-refractivity contribution in [1.82, 2.24) is 10.2 Å². The molecule has 0 unspecified atom stereocenters. The SMILES string of the molecule is CSc1ccc(-c2nnc(NC(=O)COc3ccccc3)o2)cc1. The first kappa shape index (κ1) is 16.1. The number of hydrogen-bond acceptors (Lipinski definition) is 6. The monoisotopic (exact) mass is 341 g/mol. The van der Waals surface area contributed by atoms with Crippen LogP contribution in [-0.4, -0.2) is 29.0 Å². The third kappa shape index (κ3) is 4.14. The Bertz CT molecular complexity index is 803. The number of carbonyl (C=O) groups is 1. The Labute approximate surface area is 143 Å². The molecule has 0 aliphatic rings. The molecule has 0 saturated heterocycles. The van der Waals surface area contributed by atoms with E-state index in [0.29, 0.717) is 11.6 Å². The quantitative estimate of drug-likeness (QED) is 0.692. The van der Waals surface area contributed by atoms with Gasteiger partial charge in [0.2, 0.25) is 5.89 Å². The van der Waals surface area contributed by atoms with Gasteiger partial charge in [-0.2, -0.15) is 0 Å². The van der Waals surface area contributed by atoms with Crippen molar-refractivity contribution in [3.05, 3.63) is 54.6 Å². The lowest BCUT2D eigenvalue weighted by molar-refractivity contribution is -0.118. The van der Waals surface area contributed by atoms with Gasteiger partial charge >= 0.3 is 6.01 Å². The number of thioether (sulfide) groups is 1. The molecule has 0 saturated carbocycles. The minimum Gasteiger partial charge on any atom is -0.484 e. The predicted molar refractivity (Wildman–Crippen MR) is 92.1 cm³/mol. The molecular weight excluding hydrogens is 326 g/mol. The Hall–Kier alpha value is -2.80. The standard InChI is InChI=1S/C17H15N3O3S/c1-24-14-9-7-12(8-10-14)16-19-20-17(23-16)18-15(21)11-22-13-5-3-2-4-6-13/h2-10H,11H2,1H3,(H,18,20,21). The molecule has 3 rings (SSSR count). The van der Waals surface area contributed by atoms with Crippen molar-refractivity contribution >= 4 is 23.7 Å². The molecule has 0 spiro atoms. The maximum atomic E-state index is 11.8. The van der Waals surface area contributed by atoms with Crippen LogP contribution >= 0.6 is 11.8 Å². The molecule has 0 atom stereocenters. The molecule has 6 nitrogen and oxygen atoms in total. The van der Waals surface area contributed by atoms with E-state index in [4.69, 9.17) is 9.15 Å². The largest absolute Gasteiger partial charge is 0.484 e. The van der Waals surface area contributed by atoms with Crippen LogP contribution in [0.2, 0.25) is 0 Å². The van der Waals surface area contributed by atoms with E-state index in [0.717, 1.165) is 10.5 Å². The van der Waals surface area contributed by atoms with E-state index < -0.39 is 0 Å². The second-order valence-electron chi connectivity index (χ2n) is 4.79. The second-order valence-corrected chi connectivity index (χ2v) is 5.67. The minimum atomic E-state index is -0.369. The number of aromatic nitrogens is 2. The summed E-state index contributed by atoms with van der Waals surface area (Å²) in [5, 5.41) is 10.3. The maximum Gasteiger partial charge on any atom is 0.322 e. The van der Waals surface area contributed by atoms with Crippen LogP contribution in [0.5, 0.6) is 5.75 Å². The van der Waals surface area contributed by atoms with Crippen molar-refractivity contribution in [2.45, 2.75) is 4.90 Å². The summed E-state index contributed by atoms with van der Waals surface area (Å²) < 4.78 is 10.8. The molecule has 1 N–H and O–H groups in total. The summed E-state index contributed by atoms with van der Waals surface area (Å²) in [5.74, 6) is 0.599. The van der Waals surface area contributed by atoms with Crippen molar-refractivity contribution in [3.63, 3.8) is 0 Å². The summed E-state index contributed by atoms with van der Waals surface area (Å²) >= 11 is 1.65. The van der Waals surface area contributed by atoms with Crippen LogP contribution in [0, 0.1) is 0 Å². The van der Waals surface area contributed by atoms with E-state index in [1.807, 2.05) is 48.7 Å². The summed E-state index contributed by atoms with van der Waals surface area (Å²) in [6.07, 6.45) is 2.01. The molecule has 0 aliphatic heterocycles. The number of carbonyl (C=O) groups excluding carboxylic acids is 1. The molecule has 0 fully saturated rings. The molecule has 2 aromatic carbocycles. The van der Waals surface area contributed by atoms with Crippen molar-refractivity contribution < 1.29 is 13.9 Å². The summed E-state index contributed by atoms with van der Waals surface area (Å²) in [4.78, 5) is 13.0. The molecule has 3 aromatic rings. The number of anilines is 1. The summed E-state index contributed by atoms with van der Waals surface area (Å²) in [5.41, 5.74) is 0.793.